The number of rotatable bonds is 19. The number of carbonyl (C=O) groups is 5. The molecule has 0 radical (unpaired) electrons. The van der Waals surface area contributed by atoms with Gasteiger partial charge in [0.15, 0.2) is 0 Å². The summed E-state index contributed by atoms with van der Waals surface area (Å²) in [7, 11) is 1.21. The van der Waals surface area contributed by atoms with Crippen LogP contribution in [0.5, 0.6) is 5.75 Å². The molecular weight excluding hydrogens is 767 g/mol. The maximum Gasteiger partial charge on any atom is 0.408 e. The molecule has 14 heteroatoms. The van der Waals surface area contributed by atoms with Crippen molar-refractivity contribution in [2.45, 2.75) is 83.5 Å². The molecule has 0 fully saturated rings. The number of methoxy groups -OCH3 is 1. The fourth-order valence-corrected chi connectivity index (χ4v) is 6.23. The molecule has 1 aromatic heterocycles. The summed E-state index contributed by atoms with van der Waals surface area (Å²) in [5.74, 6) is -2.17. The van der Waals surface area contributed by atoms with Crippen LogP contribution in [0.2, 0.25) is 0 Å². The van der Waals surface area contributed by atoms with Crippen LogP contribution in [0.4, 0.5) is 4.79 Å². The van der Waals surface area contributed by atoms with Crippen molar-refractivity contribution in [3.63, 3.8) is 0 Å². The number of hydrogen-bond donors (Lipinski definition) is 5. The van der Waals surface area contributed by atoms with E-state index in [4.69, 9.17) is 18.9 Å². The quantitative estimate of drug-likeness (QED) is 0.0691. The molecule has 1 heterocycles. The van der Waals surface area contributed by atoms with Crippen molar-refractivity contribution in [2.24, 2.45) is 0 Å². The van der Waals surface area contributed by atoms with E-state index in [-0.39, 0.29) is 26.1 Å². The molecule has 0 saturated carbocycles. The number of esters is 1. The van der Waals surface area contributed by atoms with Crippen molar-refractivity contribution in [2.75, 3.05) is 13.7 Å². The molecule has 5 aromatic rings. The van der Waals surface area contributed by atoms with Gasteiger partial charge in [-0.05, 0) is 68.1 Å². The smallest absolute Gasteiger partial charge is 0.408 e. The fraction of sp³-hybridized carbons (Fsp3) is 0.326. The summed E-state index contributed by atoms with van der Waals surface area (Å²) < 4.78 is 22.2. The van der Waals surface area contributed by atoms with Crippen LogP contribution in [0, 0.1) is 0 Å². The van der Waals surface area contributed by atoms with Gasteiger partial charge in [0.2, 0.25) is 17.7 Å². The Hall–Kier alpha value is -6.67. The van der Waals surface area contributed by atoms with E-state index in [0.717, 1.165) is 27.6 Å². The third kappa shape index (κ3) is 13.7. The molecule has 0 aliphatic rings. The second-order valence-corrected chi connectivity index (χ2v) is 15.3. The monoisotopic (exact) mass is 819 g/mol. The van der Waals surface area contributed by atoms with Crippen LogP contribution in [-0.4, -0.2) is 78.3 Å². The number of para-hydroxylation sites is 1. The van der Waals surface area contributed by atoms with Gasteiger partial charge in [-0.15, -0.1) is 0 Å². The number of fused-ring (bicyclic) bond motifs is 1. The molecule has 4 atom stereocenters. The Kier molecular flexibility index (Phi) is 15.8. The average molecular weight is 820 g/mol. The van der Waals surface area contributed by atoms with Gasteiger partial charge < -0.3 is 45.2 Å². The van der Waals surface area contributed by atoms with Crippen molar-refractivity contribution in [1.29, 1.82) is 0 Å². The maximum atomic E-state index is 14.3. The lowest BCUT2D eigenvalue weighted by atomic mass is 10.0. The highest BCUT2D eigenvalue weighted by molar-refractivity contribution is 5.95. The summed E-state index contributed by atoms with van der Waals surface area (Å²) in [4.78, 5) is 70.8. The van der Waals surface area contributed by atoms with Crippen molar-refractivity contribution >= 4 is 40.7 Å². The highest BCUT2D eigenvalue weighted by Gasteiger charge is 2.32. The van der Waals surface area contributed by atoms with Crippen molar-refractivity contribution in [3.05, 3.63) is 138 Å². The largest absolute Gasteiger partial charge is 0.489 e. The summed E-state index contributed by atoms with van der Waals surface area (Å²) in [6, 6.07) is 28.8. The van der Waals surface area contributed by atoms with Crippen molar-refractivity contribution in [1.82, 2.24) is 26.3 Å². The van der Waals surface area contributed by atoms with Crippen molar-refractivity contribution in [3.8, 4) is 5.75 Å². The number of nitrogens with one attached hydrogen (secondary N) is 5. The SMILES string of the molecule is COC(=O)[C@@H](C)NC(=O)[C@@H](Cc1ccc(OCc2ccccc2)cc1)NC(=O)[C@H](COCc1ccccc1)NC(=O)[C@H](Cc1c[nH]c2ccccc12)NC(=O)OC(C)(C)C. The van der Waals surface area contributed by atoms with Gasteiger partial charge in [0.25, 0.3) is 0 Å². The summed E-state index contributed by atoms with van der Waals surface area (Å²) in [6.45, 7) is 6.78. The summed E-state index contributed by atoms with van der Waals surface area (Å²) in [5, 5.41) is 11.7. The number of hydrogen-bond acceptors (Lipinski definition) is 9. The first-order chi connectivity index (χ1) is 28.8. The number of aromatic amines is 1. The average Bonchev–Trinajstić information content (AvgIpc) is 3.64. The topological polar surface area (TPSA) is 186 Å². The summed E-state index contributed by atoms with van der Waals surface area (Å²) in [6.07, 6.45) is 1.00. The Bertz CT molecular complexity index is 2190. The van der Waals surface area contributed by atoms with Gasteiger partial charge >= 0.3 is 12.1 Å². The van der Waals surface area contributed by atoms with Gasteiger partial charge in [0, 0.05) is 29.9 Å². The Morgan fingerprint density at radius 3 is 1.85 bits per heavy atom. The van der Waals surface area contributed by atoms with Gasteiger partial charge in [0.1, 0.15) is 42.1 Å². The van der Waals surface area contributed by atoms with E-state index in [1.165, 1.54) is 14.0 Å². The first-order valence-electron chi connectivity index (χ1n) is 19.7. The normalized spacial score (nSPS) is 13.2. The molecule has 0 aliphatic carbocycles. The van der Waals surface area contributed by atoms with Gasteiger partial charge in [-0.1, -0.05) is 91.0 Å². The number of benzene rings is 4. The van der Waals surface area contributed by atoms with E-state index in [1.54, 1.807) is 51.2 Å². The zero-order chi connectivity index (χ0) is 43.1. The van der Waals surface area contributed by atoms with E-state index in [1.807, 2.05) is 84.9 Å². The van der Waals surface area contributed by atoms with Gasteiger partial charge in [-0.25, -0.2) is 9.59 Å². The van der Waals surface area contributed by atoms with Crippen LogP contribution in [0.25, 0.3) is 10.9 Å². The number of carbonyl (C=O) groups excluding carboxylic acids is 5. The third-order valence-corrected chi connectivity index (χ3v) is 9.29. The number of alkyl carbamates (subject to hydrolysis) is 1. The Morgan fingerprint density at radius 1 is 0.633 bits per heavy atom. The molecule has 0 unspecified atom stereocenters. The van der Waals surface area contributed by atoms with E-state index in [9.17, 15) is 24.0 Å². The Labute approximate surface area is 349 Å². The van der Waals surface area contributed by atoms with E-state index in [0.29, 0.717) is 17.9 Å². The molecule has 0 aliphatic heterocycles. The lowest BCUT2D eigenvalue weighted by molar-refractivity contribution is -0.145. The first-order valence-corrected chi connectivity index (χ1v) is 19.7. The molecule has 316 valence electrons. The predicted octanol–water partition coefficient (Wildman–Crippen LogP) is 5.29. The molecule has 4 aromatic carbocycles. The minimum absolute atomic E-state index is 0.0133. The lowest BCUT2D eigenvalue weighted by Crippen LogP contribution is -2.59. The third-order valence-electron chi connectivity index (χ3n) is 9.29. The van der Waals surface area contributed by atoms with Crippen LogP contribution < -0.4 is 26.0 Å². The highest BCUT2D eigenvalue weighted by Crippen LogP contribution is 2.20. The molecule has 0 saturated heterocycles. The molecule has 5 rings (SSSR count). The number of ether oxygens (including phenoxy) is 4. The standard InChI is InChI=1S/C46H53N5O9/c1-30(44(55)57-5)48-41(52)38(24-31-20-22-35(23-21-31)59-28-33-16-10-7-11-17-33)49-43(54)40(29-58-27-32-14-8-6-9-15-32)50-42(53)39(51-45(56)60-46(2,3)4)25-34-26-47-37-19-13-12-18-36(34)37/h6-23,26,30,38-40,47H,24-25,27-29H2,1-5H3,(H,48,52)(H,49,54)(H,50,53)(H,51,56)/t30-,38-,39+,40+/m1/s1. The Morgan fingerprint density at radius 2 is 1.20 bits per heavy atom. The summed E-state index contributed by atoms with van der Waals surface area (Å²) >= 11 is 0. The van der Waals surface area contributed by atoms with Crippen LogP contribution in [-0.2, 0) is 59.4 Å². The molecule has 0 spiro atoms. The minimum atomic E-state index is -1.34. The van der Waals surface area contributed by atoms with Crippen molar-refractivity contribution < 1.29 is 42.9 Å². The van der Waals surface area contributed by atoms with Gasteiger partial charge in [-0.3, -0.25) is 14.4 Å². The predicted molar refractivity (Wildman–Crippen MR) is 226 cm³/mol. The lowest BCUT2D eigenvalue weighted by Gasteiger charge is -2.27. The fourth-order valence-electron chi connectivity index (χ4n) is 6.23. The zero-order valence-electron chi connectivity index (χ0n) is 34.5. The van der Waals surface area contributed by atoms with Crippen LogP contribution >= 0.6 is 0 Å². The molecular formula is C46H53N5O9. The van der Waals surface area contributed by atoms with Crippen LogP contribution in [0.1, 0.15) is 49.9 Å². The second-order valence-electron chi connectivity index (χ2n) is 15.3. The zero-order valence-corrected chi connectivity index (χ0v) is 34.5. The first kappa shape index (κ1) is 44.4. The van der Waals surface area contributed by atoms with Gasteiger partial charge in [0.05, 0.1) is 20.3 Å². The van der Waals surface area contributed by atoms with Crippen LogP contribution in [0.3, 0.4) is 0 Å². The van der Waals surface area contributed by atoms with Gasteiger partial charge in [-0.2, -0.15) is 0 Å². The minimum Gasteiger partial charge on any atom is -0.489 e. The van der Waals surface area contributed by atoms with E-state index >= 15 is 0 Å². The maximum absolute atomic E-state index is 14.3. The number of aromatic nitrogens is 1. The molecule has 0 bridgehead atoms. The molecule has 14 nitrogen and oxygen atoms in total. The second kappa shape index (κ2) is 21.4. The van der Waals surface area contributed by atoms with E-state index in [2.05, 4.69) is 26.3 Å². The Balaban J connectivity index is 1.38. The highest BCUT2D eigenvalue weighted by atomic mass is 16.6. The van der Waals surface area contributed by atoms with Crippen LogP contribution in [0.15, 0.2) is 115 Å². The molecule has 5 N–H and O–H groups in total. The molecule has 4 amide bonds. The molecule has 60 heavy (non-hydrogen) atoms. The number of amides is 4. The van der Waals surface area contributed by atoms with E-state index < -0.39 is 59.6 Å². The summed E-state index contributed by atoms with van der Waals surface area (Å²) in [5.41, 5.74) is 3.24. The number of H-pyrrole nitrogens is 1.